The van der Waals surface area contributed by atoms with Crippen LogP contribution < -0.4 is 5.32 Å². The van der Waals surface area contributed by atoms with E-state index in [0.29, 0.717) is 49.7 Å². The van der Waals surface area contributed by atoms with Gasteiger partial charge in [0.15, 0.2) is 0 Å². The van der Waals surface area contributed by atoms with Crippen LogP contribution in [-0.4, -0.2) is 47.9 Å². The molecule has 7 heteroatoms. The number of carbonyl (C=O) groups excluding carboxylic acids is 2. The molecule has 1 fully saturated rings. The molecular formula is C21H23ClFN3O2. The number of anilines is 1. The smallest absolute Gasteiger partial charge is 0.321 e. The lowest BCUT2D eigenvalue weighted by molar-refractivity contribution is -0.132. The van der Waals surface area contributed by atoms with Crippen molar-refractivity contribution in [2.75, 3.05) is 31.5 Å². The second kappa shape index (κ2) is 9.06. The van der Waals surface area contributed by atoms with Crippen molar-refractivity contribution in [3.8, 4) is 0 Å². The summed E-state index contributed by atoms with van der Waals surface area (Å²) in [5, 5.41) is 3.45. The molecule has 2 aromatic rings. The van der Waals surface area contributed by atoms with Crippen LogP contribution in [0, 0.1) is 12.7 Å². The standard InChI is InChI=1S/C21H23ClFN3O2/c1-15-2-8-18(14-19(15)22)24-21(28)26-12-10-25(11-13-26)20(27)9-5-16-3-6-17(23)7-4-16/h2-4,6-8,14H,5,9-13H2,1H3,(H,24,28). The van der Waals surface area contributed by atoms with Crippen LogP contribution in [0.2, 0.25) is 5.02 Å². The Bertz CT molecular complexity index is 849. The molecule has 1 aliphatic heterocycles. The minimum atomic E-state index is -0.280. The van der Waals surface area contributed by atoms with Gasteiger partial charge in [0.25, 0.3) is 0 Å². The second-order valence-corrected chi connectivity index (χ2v) is 7.30. The van der Waals surface area contributed by atoms with E-state index in [1.54, 1.807) is 28.0 Å². The van der Waals surface area contributed by atoms with Crippen LogP contribution >= 0.6 is 11.6 Å². The summed E-state index contributed by atoms with van der Waals surface area (Å²) in [4.78, 5) is 28.3. The third kappa shape index (κ3) is 5.23. The van der Waals surface area contributed by atoms with Crippen molar-refractivity contribution in [1.82, 2.24) is 9.80 Å². The number of benzene rings is 2. The number of hydrogen-bond acceptors (Lipinski definition) is 2. The highest BCUT2D eigenvalue weighted by atomic mass is 35.5. The Labute approximate surface area is 169 Å². The molecule has 5 nitrogen and oxygen atoms in total. The number of nitrogens with zero attached hydrogens (tertiary/aromatic N) is 2. The fourth-order valence-electron chi connectivity index (χ4n) is 3.09. The number of aryl methyl sites for hydroxylation is 2. The Kier molecular flexibility index (Phi) is 6.52. The molecule has 0 atom stereocenters. The quantitative estimate of drug-likeness (QED) is 0.835. The van der Waals surface area contributed by atoms with Gasteiger partial charge in [0.05, 0.1) is 0 Å². The highest BCUT2D eigenvalue weighted by molar-refractivity contribution is 6.31. The fourth-order valence-corrected chi connectivity index (χ4v) is 3.27. The molecule has 3 amide bonds. The molecule has 2 aromatic carbocycles. The first-order valence-electron chi connectivity index (χ1n) is 9.26. The largest absolute Gasteiger partial charge is 0.339 e. The third-order valence-electron chi connectivity index (χ3n) is 4.88. The maximum Gasteiger partial charge on any atom is 0.321 e. The molecule has 0 aromatic heterocycles. The number of halogens is 2. The van der Waals surface area contributed by atoms with Gasteiger partial charge in [-0.2, -0.15) is 0 Å². The summed E-state index contributed by atoms with van der Waals surface area (Å²) < 4.78 is 12.9. The van der Waals surface area contributed by atoms with Crippen LogP contribution in [-0.2, 0) is 11.2 Å². The first-order valence-corrected chi connectivity index (χ1v) is 9.64. The molecule has 1 aliphatic rings. The number of hydrogen-bond donors (Lipinski definition) is 1. The average Bonchev–Trinajstić information content (AvgIpc) is 2.70. The molecule has 1 saturated heterocycles. The van der Waals surface area contributed by atoms with Crippen molar-refractivity contribution in [2.45, 2.75) is 19.8 Å². The Balaban J connectivity index is 1.45. The molecule has 28 heavy (non-hydrogen) atoms. The van der Waals surface area contributed by atoms with Crippen molar-refractivity contribution in [2.24, 2.45) is 0 Å². The fraction of sp³-hybridized carbons (Fsp3) is 0.333. The number of carbonyl (C=O) groups is 2. The summed E-state index contributed by atoms with van der Waals surface area (Å²) in [7, 11) is 0. The van der Waals surface area contributed by atoms with Crippen LogP contribution in [0.1, 0.15) is 17.5 Å². The Morgan fingerprint density at radius 2 is 1.68 bits per heavy atom. The highest BCUT2D eigenvalue weighted by Crippen LogP contribution is 2.20. The van der Waals surface area contributed by atoms with Gasteiger partial charge in [0.1, 0.15) is 5.82 Å². The molecule has 0 spiro atoms. The van der Waals surface area contributed by atoms with Crippen LogP contribution in [0.4, 0.5) is 14.9 Å². The second-order valence-electron chi connectivity index (χ2n) is 6.89. The lowest BCUT2D eigenvalue weighted by Gasteiger charge is -2.34. The van der Waals surface area contributed by atoms with E-state index in [4.69, 9.17) is 11.6 Å². The molecule has 148 valence electrons. The van der Waals surface area contributed by atoms with Gasteiger partial charge >= 0.3 is 6.03 Å². The molecule has 0 unspecified atom stereocenters. The maximum atomic E-state index is 12.9. The molecule has 0 bridgehead atoms. The van der Waals surface area contributed by atoms with Crippen LogP contribution in [0.3, 0.4) is 0 Å². The minimum absolute atomic E-state index is 0.0506. The van der Waals surface area contributed by atoms with E-state index in [-0.39, 0.29) is 17.8 Å². The lowest BCUT2D eigenvalue weighted by Crippen LogP contribution is -2.51. The number of amides is 3. The van der Waals surface area contributed by atoms with E-state index in [1.807, 2.05) is 19.1 Å². The molecular weight excluding hydrogens is 381 g/mol. The van der Waals surface area contributed by atoms with Gasteiger partial charge in [0, 0.05) is 43.3 Å². The monoisotopic (exact) mass is 403 g/mol. The topological polar surface area (TPSA) is 52.7 Å². The molecule has 1 heterocycles. The summed E-state index contributed by atoms with van der Waals surface area (Å²) in [6.07, 6.45) is 0.952. The molecule has 1 N–H and O–H groups in total. The van der Waals surface area contributed by atoms with Gasteiger partial charge in [-0.3, -0.25) is 4.79 Å². The van der Waals surface area contributed by atoms with Crippen molar-refractivity contribution in [3.63, 3.8) is 0 Å². The molecule has 3 rings (SSSR count). The number of rotatable bonds is 4. The van der Waals surface area contributed by atoms with Crippen molar-refractivity contribution >= 4 is 29.2 Å². The van der Waals surface area contributed by atoms with Gasteiger partial charge in [-0.1, -0.05) is 29.8 Å². The molecule has 0 aliphatic carbocycles. The summed E-state index contributed by atoms with van der Waals surface area (Å²) in [5.41, 5.74) is 2.54. The van der Waals surface area contributed by atoms with E-state index in [9.17, 15) is 14.0 Å². The predicted molar refractivity (Wildman–Crippen MR) is 108 cm³/mol. The maximum absolute atomic E-state index is 12.9. The van der Waals surface area contributed by atoms with E-state index >= 15 is 0 Å². The predicted octanol–water partition coefficient (Wildman–Crippen LogP) is 4.10. The average molecular weight is 404 g/mol. The Morgan fingerprint density at radius 1 is 1.04 bits per heavy atom. The third-order valence-corrected chi connectivity index (χ3v) is 5.29. The summed E-state index contributed by atoms with van der Waals surface area (Å²) >= 11 is 6.09. The van der Waals surface area contributed by atoms with E-state index in [2.05, 4.69) is 5.32 Å². The first-order chi connectivity index (χ1) is 13.4. The van der Waals surface area contributed by atoms with Gasteiger partial charge in [0.2, 0.25) is 5.91 Å². The number of urea groups is 1. The minimum Gasteiger partial charge on any atom is -0.339 e. The zero-order valence-electron chi connectivity index (χ0n) is 15.8. The molecule has 0 radical (unpaired) electrons. The van der Waals surface area contributed by atoms with E-state index in [0.717, 1.165) is 11.1 Å². The number of piperazine rings is 1. The Morgan fingerprint density at radius 3 is 2.32 bits per heavy atom. The van der Waals surface area contributed by atoms with E-state index in [1.165, 1.54) is 12.1 Å². The summed E-state index contributed by atoms with van der Waals surface area (Å²) in [5.74, 6) is -0.230. The number of nitrogens with one attached hydrogen (secondary N) is 1. The molecule has 0 saturated carbocycles. The van der Waals surface area contributed by atoms with Crippen LogP contribution in [0.25, 0.3) is 0 Å². The highest BCUT2D eigenvalue weighted by Gasteiger charge is 2.24. The van der Waals surface area contributed by atoms with Crippen molar-refractivity contribution in [1.29, 1.82) is 0 Å². The van der Waals surface area contributed by atoms with Gasteiger partial charge in [-0.15, -0.1) is 0 Å². The zero-order valence-corrected chi connectivity index (χ0v) is 16.5. The van der Waals surface area contributed by atoms with Gasteiger partial charge in [-0.25, -0.2) is 9.18 Å². The van der Waals surface area contributed by atoms with E-state index < -0.39 is 0 Å². The zero-order chi connectivity index (χ0) is 20.1. The van der Waals surface area contributed by atoms with Crippen molar-refractivity contribution in [3.05, 3.63) is 64.4 Å². The first kappa shape index (κ1) is 20.1. The SMILES string of the molecule is Cc1ccc(NC(=O)N2CCN(C(=O)CCc3ccc(F)cc3)CC2)cc1Cl. The van der Waals surface area contributed by atoms with Gasteiger partial charge in [-0.05, 0) is 48.7 Å². The Hall–Kier alpha value is -2.60. The van der Waals surface area contributed by atoms with Crippen LogP contribution in [0.15, 0.2) is 42.5 Å². The summed E-state index contributed by atoms with van der Waals surface area (Å²) in [6.45, 7) is 3.87. The normalized spacial score (nSPS) is 14.1. The lowest BCUT2D eigenvalue weighted by atomic mass is 10.1. The van der Waals surface area contributed by atoms with Crippen molar-refractivity contribution < 1.29 is 14.0 Å². The van der Waals surface area contributed by atoms with Crippen LogP contribution in [0.5, 0.6) is 0 Å². The summed E-state index contributed by atoms with van der Waals surface area (Å²) in [6, 6.07) is 11.4. The van der Waals surface area contributed by atoms with Gasteiger partial charge < -0.3 is 15.1 Å².